The van der Waals surface area contributed by atoms with Gasteiger partial charge in [0.15, 0.2) is 5.78 Å². The molecule has 3 N–H and O–H groups in total. The Kier molecular flexibility index (Phi) is 7.32. The molecule has 1 aliphatic heterocycles. The van der Waals surface area contributed by atoms with Crippen LogP contribution in [0.1, 0.15) is 39.7 Å². The van der Waals surface area contributed by atoms with Crippen molar-refractivity contribution in [2.75, 3.05) is 0 Å². The van der Waals surface area contributed by atoms with Gasteiger partial charge in [-0.25, -0.2) is 0 Å². The molecule has 1 aromatic carbocycles. The van der Waals surface area contributed by atoms with Crippen LogP contribution in [-0.4, -0.2) is 51.7 Å². The Morgan fingerprint density at radius 1 is 1.19 bits per heavy atom. The third-order valence-electron chi connectivity index (χ3n) is 8.53. The second kappa shape index (κ2) is 10.0. The van der Waals surface area contributed by atoms with Gasteiger partial charge in [-0.3, -0.25) is 14.4 Å². The Morgan fingerprint density at radius 3 is 2.51 bits per heavy atom. The topological polar surface area (TPSA) is 113 Å². The van der Waals surface area contributed by atoms with Crippen LogP contribution in [0.25, 0.3) is 0 Å². The summed E-state index contributed by atoms with van der Waals surface area (Å²) in [5.74, 6) is -3.26. The van der Waals surface area contributed by atoms with Crippen molar-refractivity contribution in [1.82, 2.24) is 5.32 Å². The maximum atomic E-state index is 14.2. The third-order valence-corrected chi connectivity index (χ3v) is 8.53. The molecule has 1 saturated carbocycles. The van der Waals surface area contributed by atoms with Gasteiger partial charge in [-0.2, -0.15) is 0 Å². The Morgan fingerprint density at radius 2 is 1.86 bits per heavy atom. The van der Waals surface area contributed by atoms with Crippen LogP contribution in [0.4, 0.5) is 0 Å². The largest absolute Gasteiger partial charge is 0.457 e. The molecule has 0 bridgehead atoms. The number of nitrogens with one attached hydrogen (secondary N) is 1. The van der Waals surface area contributed by atoms with E-state index in [0.717, 1.165) is 5.56 Å². The minimum Gasteiger partial charge on any atom is -0.457 e. The summed E-state index contributed by atoms with van der Waals surface area (Å²) in [5, 5.41) is 25.7. The summed E-state index contributed by atoms with van der Waals surface area (Å²) in [6, 6.07) is 9.49. The summed E-state index contributed by atoms with van der Waals surface area (Å²) in [5.41, 5.74) is -1.55. The molecule has 0 aromatic heterocycles. The number of carbonyl (C=O) groups is 3. The molecule has 1 aromatic rings. The summed E-state index contributed by atoms with van der Waals surface area (Å²) < 4.78 is 5.81. The van der Waals surface area contributed by atoms with E-state index >= 15 is 0 Å². The third kappa shape index (κ3) is 4.59. The number of carbonyl (C=O) groups excluding carboxylic acids is 3. The number of ether oxygens (including phenoxy) is 1. The van der Waals surface area contributed by atoms with Crippen LogP contribution in [0.3, 0.4) is 0 Å². The van der Waals surface area contributed by atoms with Crippen molar-refractivity contribution in [2.24, 2.45) is 29.1 Å². The van der Waals surface area contributed by atoms with Gasteiger partial charge in [-0.05, 0) is 49.0 Å². The Labute approximate surface area is 218 Å². The van der Waals surface area contributed by atoms with E-state index in [1.54, 1.807) is 19.1 Å². The number of allylic oxidation sites excluding steroid dienone is 1. The molecule has 37 heavy (non-hydrogen) atoms. The minimum atomic E-state index is -1.82. The molecule has 2 fully saturated rings. The van der Waals surface area contributed by atoms with E-state index in [4.69, 9.17) is 4.74 Å². The average Bonchev–Trinajstić information content (AvgIpc) is 3.13. The molecule has 3 aliphatic rings. The summed E-state index contributed by atoms with van der Waals surface area (Å²) in [4.78, 5) is 39.5. The van der Waals surface area contributed by atoms with Crippen LogP contribution in [0.2, 0.25) is 0 Å². The second-order valence-corrected chi connectivity index (χ2v) is 11.0. The quantitative estimate of drug-likeness (QED) is 0.428. The standard InChI is InChI=1S/C30H37NO6/c1-17-10-9-13-22-26(33)19(3)18(2)25-23(16-21-11-7-6-8-12-21)31-28(35)30(22,25)24(37-20(4)32)14-15-29(5,36)27(17)34/h6-9,11-15,17-18,22-26,33,36H,3,10,16H2,1-2,4-5H3,(H,31,35)/b13-9+,15-14+/t17-,18+,22-,23-,24+,25-,26+,29-,30+/m0/s1. The van der Waals surface area contributed by atoms with Crippen molar-refractivity contribution in [1.29, 1.82) is 0 Å². The van der Waals surface area contributed by atoms with E-state index in [1.807, 2.05) is 37.3 Å². The first-order chi connectivity index (χ1) is 17.4. The highest BCUT2D eigenvalue weighted by atomic mass is 16.5. The predicted molar refractivity (Wildman–Crippen MR) is 139 cm³/mol. The van der Waals surface area contributed by atoms with E-state index in [-0.39, 0.29) is 23.7 Å². The fraction of sp³-hybridized carbons (Fsp3) is 0.500. The molecule has 0 unspecified atom stereocenters. The van der Waals surface area contributed by atoms with Gasteiger partial charge in [-0.15, -0.1) is 0 Å². The number of benzene rings is 1. The van der Waals surface area contributed by atoms with Crippen molar-refractivity contribution in [3.8, 4) is 0 Å². The normalized spacial score (nSPS) is 41.6. The molecule has 7 heteroatoms. The van der Waals surface area contributed by atoms with Crippen molar-refractivity contribution in [2.45, 2.75) is 64.4 Å². The van der Waals surface area contributed by atoms with E-state index in [2.05, 4.69) is 11.9 Å². The molecule has 4 rings (SSSR count). The van der Waals surface area contributed by atoms with Gasteiger partial charge in [-0.1, -0.05) is 62.9 Å². The molecule has 1 saturated heterocycles. The number of hydrogen-bond acceptors (Lipinski definition) is 6. The highest BCUT2D eigenvalue weighted by Crippen LogP contribution is 2.58. The Bertz CT molecular complexity index is 1140. The number of aliphatic hydroxyl groups excluding tert-OH is 1. The van der Waals surface area contributed by atoms with Gasteiger partial charge >= 0.3 is 5.97 Å². The molecule has 1 spiro atoms. The van der Waals surface area contributed by atoms with E-state index in [0.29, 0.717) is 18.4 Å². The van der Waals surface area contributed by atoms with E-state index in [9.17, 15) is 24.6 Å². The lowest BCUT2D eigenvalue weighted by molar-refractivity contribution is -0.166. The van der Waals surface area contributed by atoms with Crippen LogP contribution in [0.15, 0.2) is 66.8 Å². The summed E-state index contributed by atoms with van der Waals surface area (Å²) in [7, 11) is 0. The molecule has 9 atom stereocenters. The fourth-order valence-corrected chi connectivity index (χ4v) is 6.68. The van der Waals surface area contributed by atoms with Gasteiger partial charge in [0.25, 0.3) is 0 Å². The molecule has 1 amide bonds. The average molecular weight is 508 g/mol. The van der Waals surface area contributed by atoms with E-state index < -0.39 is 46.9 Å². The number of rotatable bonds is 3. The van der Waals surface area contributed by atoms with Crippen LogP contribution in [0.5, 0.6) is 0 Å². The zero-order valence-electron chi connectivity index (χ0n) is 21.9. The Balaban J connectivity index is 1.94. The van der Waals surface area contributed by atoms with E-state index in [1.165, 1.54) is 26.0 Å². The highest BCUT2D eigenvalue weighted by Gasteiger charge is 2.68. The summed E-state index contributed by atoms with van der Waals surface area (Å²) in [6.45, 7) is 10.5. The first kappa shape index (κ1) is 27.0. The first-order valence-electron chi connectivity index (χ1n) is 12.9. The monoisotopic (exact) mass is 507 g/mol. The van der Waals surface area contributed by atoms with Crippen molar-refractivity contribution in [3.63, 3.8) is 0 Å². The van der Waals surface area contributed by atoms with Crippen LogP contribution in [-0.2, 0) is 25.5 Å². The lowest BCUT2D eigenvalue weighted by atomic mass is 9.51. The zero-order valence-corrected chi connectivity index (χ0v) is 21.9. The zero-order chi connectivity index (χ0) is 27.1. The highest BCUT2D eigenvalue weighted by molar-refractivity contribution is 5.91. The molecule has 0 radical (unpaired) electrons. The van der Waals surface area contributed by atoms with Crippen LogP contribution in [0, 0.1) is 29.1 Å². The van der Waals surface area contributed by atoms with Gasteiger partial charge < -0.3 is 20.3 Å². The number of hydrogen-bond donors (Lipinski definition) is 3. The first-order valence-corrected chi connectivity index (χ1v) is 12.9. The smallest absolute Gasteiger partial charge is 0.303 e. The maximum Gasteiger partial charge on any atom is 0.303 e. The van der Waals surface area contributed by atoms with Gasteiger partial charge in [0, 0.05) is 30.7 Å². The number of amides is 1. The van der Waals surface area contributed by atoms with Crippen molar-refractivity contribution >= 4 is 17.7 Å². The van der Waals surface area contributed by atoms with Gasteiger partial charge in [0.05, 0.1) is 6.10 Å². The lowest BCUT2D eigenvalue weighted by Crippen LogP contribution is -2.60. The molecular formula is C30H37NO6. The molecule has 7 nitrogen and oxygen atoms in total. The molecule has 1 heterocycles. The minimum absolute atomic E-state index is 0.287. The predicted octanol–water partition coefficient (Wildman–Crippen LogP) is 2.92. The molecule has 2 aliphatic carbocycles. The SMILES string of the molecule is C=C1[C@@H](C)[C@H]2[C@H](Cc3ccccc3)NC(=O)[C@]23[C@H](OC(C)=O)/C=C/[C@](C)(O)C(=O)[C@@H](C)C/C=C/[C@H]3[C@@H]1O. The summed E-state index contributed by atoms with van der Waals surface area (Å²) >= 11 is 0. The summed E-state index contributed by atoms with van der Waals surface area (Å²) in [6.07, 6.45) is 5.01. The van der Waals surface area contributed by atoms with Crippen LogP contribution < -0.4 is 5.32 Å². The second-order valence-electron chi connectivity index (χ2n) is 11.0. The van der Waals surface area contributed by atoms with Gasteiger partial charge in [0.2, 0.25) is 5.91 Å². The lowest BCUT2D eigenvalue weighted by Gasteiger charge is -2.52. The fourth-order valence-electron chi connectivity index (χ4n) is 6.68. The van der Waals surface area contributed by atoms with Crippen molar-refractivity contribution in [3.05, 3.63) is 72.4 Å². The van der Waals surface area contributed by atoms with Gasteiger partial charge in [0.1, 0.15) is 17.1 Å². The van der Waals surface area contributed by atoms with Crippen LogP contribution >= 0.6 is 0 Å². The number of ketones is 1. The molecule has 198 valence electrons. The van der Waals surface area contributed by atoms with Crippen molar-refractivity contribution < 1.29 is 29.3 Å². The number of esters is 1. The molecular weight excluding hydrogens is 470 g/mol. The Hall–Kier alpha value is -3.03. The number of Topliss-reactive ketones (excluding diaryl/α,β-unsaturated/α-hetero) is 1. The number of aliphatic hydroxyl groups is 2. The maximum absolute atomic E-state index is 14.2.